The fourth-order valence-electron chi connectivity index (χ4n) is 3.01. The number of hydrogen-bond donors (Lipinski definition) is 2. The van der Waals surface area contributed by atoms with E-state index in [2.05, 4.69) is 5.32 Å². The van der Waals surface area contributed by atoms with Crippen LogP contribution in [-0.4, -0.2) is 52.8 Å². The third-order valence-electron chi connectivity index (χ3n) is 4.77. The maximum Gasteiger partial charge on any atom is 0.318 e. The van der Waals surface area contributed by atoms with Gasteiger partial charge in [-0.1, -0.05) is 0 Å². The average Bonchev–Trinajstić information content (AvgIpc) is 2.68. The van der Waals surface area contributed by atoms with Gasteiger partial charge in [-0.15, -0.1) is 0 Å². The van der Waals surface area contributed by atoms with Crippen molar-refractivity contribution in [2.75, 3.05) is 13.2 Å². The first-order valence-electron chi connectivity index (χ1n) is 7.26. The van der Waals surface area contributed by atoms with Crippen LogP contribution in [0.3, 0.4) is 0 Å². The lowest BCUT2D eigenvalue weighted by molar-refractivity contribution is -0.143. The fraction of sp³-hybridized carbons (Fsp3) is 0.857. The van der Waals surface area contributed by atoms with E-state index in [0.29, 0.717) is 26.0 Å². The Morgan fingerprint density at radius 1 is 1.40 bits per heavy atom. The molecule has 0 saturated carbocycles. The summed E-state index contributed by atoms with van der Waals surface area (Å²) in [5.74, 6) is -1.10. The summed E-state index contributed by atoms with van der Waals surface area (Å²) in [4.78, 5) is 25.2. The van der Waals surface area contributed by atoms with Gasteiger partial charge in [-0.25, -0.2) is 4.79 Å². The largest absolute Gasteiger partial charge is 0.481 e. The van der Waals surface area contributed by atoms with E-state index < -0.39 is 5.97 Å². The molecule has 0 spiro atoms. The fourth-order valence-corrected chi connectivity index (χ4v) is 3.01. The molecule has 114 valence electrons. The molecule has 2 saturated heterocycles. The van der Waals surface area contributed by atoms with E-state index in [9.17, 15) is 9.59 Å². The molecule has 2 rings (SSSR count). The highest BCUT2D eigenvalue weighted by Gasteiger charge is 2.40. The van der Waals surface area contributed by atoms with E-state index in [1.807, 2.05) is 20.8 Å². The van der Waals surface area contributed by atoms with Crippen LogP contribution in [0.5, 0.6) is 0 Å². The highest BCUT2D eigenvalue weighted by molar-refractivity contribution is 5.76. The summed E-state index contributed by atoms with van der Waals surface area (Å²) in [6.07, 6.45) is 1.85. The van der Waals surface area contributed by atoms with E-state index in [1.165, 1.54) is 0 Å². The summed E-state index contributed by atoms with van der Waals surface area (Å²) in [6, 6.07) is -0.160. The Bertz CT molecular complexity index is 401. The van der Waals surface area contributed by atoms with Crippen LogP contribution in [0.1, 0.15) is 40.0 Å². The summed E-state index contributed by atoms with van der Waals surface area (Å²) in [6.45, 7) is 7.03. The van der Waals surface area contributed by atoms with Crippen molar-refractivity contribution in [3.05, 3.63) is 0 Å². The zero-order chi connectivity index (χ0) is 14.9. The first-order chi connectivity index (χ1) is 9.33. The molecule has 0 aromatic rings. The molecule has 0 bridgehead atoms. The summed E-state index contributed by atoms with van der Waals surface area (Å²) in [5, 5.41) is 12.1. The van der Waals surface area contributed by atoms with Gasteiger partial charge in [-0.05, 0) is 40.0 Å². The molecule has 2 aliphatic rings. The molecule has 2 fully saturated rings. The molecule has 2 heterocycles. The Labute approximate surface area is 119 Å². The molecule has 6 nitrogen and oxygen atoms in total. The third kappa shape index (κ3) is 2.90. The van der Waals surface area contributed by atoms with Crippen molar-refractivity contribution < 1.29 is 19.4 Å². The third-order valence-corrected chi connectivity index (χ3v) is 4.77. The van der Waals surface area contributed by atoms with Gasteiger partial charge in [0.2, 0.25) is 0 Å². The van der Waals surface area contributed by atoms with Crippen molar-refractivity contribution in [3.63, 3.8) is 0 Å². The van der Waals surface area contributed by atoms with Crippen molar-refractivity contribution in [3.8, 4) is 0 Å². The Kier molecular flexibility index (Phi) is 4.22. The molecule has 2 aliphatic heterocycles. The van der Waals surface area contributed by atoms with E-state index in [0.717, 1.165) is 6.42 Å². The van der Waals surface area contributed by atoms with E-state index >= 15 is 0 Å². The second-order valence-corrected chi connectivity index (χ2v) is 6.21. The Morgan fingerprint density at radius 2 is 2.10 bits per heavy atom. The highest BCUT2D eigenvalue weighted by Crippen LogP contribution is 2.27. The maximum atomic E-state index is 12.4. The summed E-state index contributed by atoms with van der Waals surface area (Å²) in [7, 11) is 0. The standard InChI is InChI=1S/C14H24N2O4/c1-9-8-11(12(17)18)4-6-16(9)13(19)15-14(3)5-7-20-10(14)2/h9-11H,4-8H2,1-3H3,(H,15,19)(H,17,18). The molecule has 0 radical (unpaired) electrons. The number of aliphatic carboxylic acids is 1. The van der Waals surface area contributed by atoms with Crippen molar-refractivity contribution in [2.45, 2.75) is 57.7 Å². The second-order valence-electron chi connectivity index (χ2n) is 6.21. The maximum absolute atomic E-state index is 12.4. The Morgan fingerprint density at radius 3 is 2.60 bits per heavy atom. The molecule has 20 heavy (non-hydrogen) atoms. The molecule has 0 aromatic carbocycles. The van der Waals surface area contributed by atoms with Gasteiger partial charge in [-0.3, -0.25) is 4.79 Å². The predicted molar refractivity (Wildman–Crippen MR) is 73.5 cm³/mol. The lowest BCUT2D eigenvalue weighted by atomic mass is 9.91. The molecular formula is C14H24N2O4. The minimum Gasteiger partial charge on any atom is -0.481 e. The summed E-state index contributed by atoms with van der Waals surface area (Å²) in [5.41, 5.74) is -0.333. The van der Waals surface area contributed by atoms with Gasteiger partial charge < -0.3 is 20.1 Å². The van der Waals surface area contributed by atoms with Crippen LogP contribution in [0.15, 0.2) is 0 Å². The van der Waals surface area contributed by atoms with E-state index in [4.69, 9.17) is 9.84 Å². The topological polar surface area (TPSA) is 78.9 Å². The molecule has 4 unspecified atom stereocenters. The van der Waals surface area contributed by atoms with Crippen LogP contribution in [0.4, 0.5) is 4.79 Å². The number of carbonyl (C=O) groups is 2. The molecule has 2 amide bonds. The number of hydrogen-bond acceptors (Lipinski definition) is 3. The number of piperidine rings is 1. The first-order valence-corrected chi connectivity index (χ1v) is 7.26. The number of carboxylic acid groups (broad SMARTS) is 1. The lowest BCUT2D eigenvalue weighted by Gasteiger charge is -2.39. The summed E-state index contributed by atoms with van der Waals surface area (Å²) < 4.78 is 5.52. The van der Waals surface area contributed by atoms with Gasteiger partial charge in [0.1, 0.15) is 0 Å². The van der Waals surface area contributed by atoms with Gasteiger partial charge in [0.15, 0.2) is 0 Å². The number of nitrogens with zero attached hydrogens (tertiary/aromatic N) is 1. The van der Waals surface area contributed by atoms with Gasteiger partial charge in [0, 0.05) is 19.2 Å². The SMILES string of the molecule is CC1CC(C(=O)O)CCN1C(=O)NC1(C)CCOC1C. The van der Waals surface area contributed by atoms with Crippen LogP contribution in [0, 0.1) is 5.92 Å². The van der Waals surface area contributed by atoms with Crippen molar-refractivity contribution in [1.82, 2.24) is 10.2 Å². The normalized spacial score (nSPS) is 37.8. The Balaban J connectivity index is 1.95. The van der Waals surface area contributed by atoms with E-state index in [1.54, 1.807) is 4.90 Å². The number of urea groups is 1. The first kappa shape index (κ1) is 15.1. The number of carbonyl (C=O) groups excluding carboxylic acids is 1. The monoisotopic (exact) mass is 284 g/mol. The predicted octanol–water partition coefficient (Wildman–Crippen LogP) is 1.45. The average molecular weight is 284 g/mol. The van der Waals surface area contributed by atoms with Crippen LogP contribution in [0.25, 0.3) is 0 Å². The summed E-state index contributed by atoms with van der Waals surface area (Å²) >= 11 is 0. The number of likely N-dealkylation sites (tertiary alicyclic amines) is 1. The highest BCUT2D eigenvalue weighted by atomic mass is 16.5. The number of carboxylic acids is 1. The second kappa shape index (κ2) is 5.60. The molecule has 2 N–H and O–H groups in total. The van der Waals surface area contributed by atoms with E-state index in [-0.39, 0.29) is 29.6 Å². The van der Waals surface area contributed by atoms with Gasteiger partial charge in [0.25, 0.3) is 0 Å². The number of amides is 2. The molecular weight excluding hydrogens is 260 g/mol. The minimum absolute atomic E-state index is 0.00156. The van der Waals surface area contributed by atoms with Crippen LogP contribution in [-0.2, 0) is 9.53 Å². The van der Waals surface area contributed by atoms with Gasteiger partial charge >= 0.3 is 12.0 Å². The zero-order valence-electron chi connectivity index (χ0n) is 12.4. The number of nitrogens with one attached hydrogen (secondary N) is 1. The lowest BCUT2D eigenvalue weighted by Crippen LogP contribution is -2.58. The van der Waals surface area contributed by atoms with Crippen molar-refractivity contribution in [2.24, 2.45) is 5.92 Å². The molecule has 4 atom stereocenters. The Hall–Kier alpha value is -1.30. The molecule has 0 aliphatic carbocycles. The minimum atomic E-state index is -0.762. The zero-order valence-corrected chi connectivity index (χ0v) is 12.4. The number of ether oxygens (including phenoxy) is 1. The molecule has 6 heteroatoms. The van der Waals surface area contributed by atoms with Crippen LogP contribution < -0.4 is 5.32 Å². The van der Waals surface area contributed by atoms with Crippen molar-refractivity contribution >= 4 is 12.0 Å². The number of rotatable bonds is 2. The quantitative estimate of drug-likeness (QED) is 0.804. The van der Waals surface area contributed by atoms with Gasteiger partial charge in [-0.2, -0.15) is 0 Å². The van der Waals surface area contributed by atoms with Crippen LogP contribution >= 0.6 is 0 Å². The molecule has 0 aromatic heterocycles. The smallest absolute Gasteiger partial charge is 0.318 e. The van der Waals surface area contributed by atoms with Crippen molar-refractivity contribution in [1.29, 1.82) is 0 Å². The van der Waals surface area contributed by atoms with Gasteiger partial charge in [0.05, 0.1) is 17.6 Å². The van der Waals surface area contributed by atoms with Crippen LogP contribution in [0.2, 0.25) is 0 Å².